The number of aromatic nitrogens is 3. The first kappa shape index (κ1) is 18.7. The molecule has 0 saturated carbocycles. The summed E-state index contributed by atoms with van der Waals surface area (Å²) < 4.78 is 2.82. The van der Waals surface area contributed by atoms with Gasteiger partial charge in [-0.2, -0.15) is 9.78 Å². The zero-order valence-corrected chi connectivity index (χ0v) is 17.1. The van der Waals surface area contributed by atoms with Gasteiger partial charge in [-0.1, -0.05) is 41.7 Å². The molecular weight excluding hydrogens is 388 g/mol. The molecule has 0 saturated heterocycles. The highest BCUT2D eigenvalue weighted by Crippen LogP contribution is 2.27. The molecule has 4 aromatic rings. The molecule has 1 amide bonds. The maximum absolute atomic E-state index is 12.4. The van der Waals surface area contributed by atoms with E-state index in [1.807, 2.05) is 55.5 Å². The number of benzene rings is 2. The fourth-order valence-corrected chi connectivity index (χ4v) is 4.63. The zero-order valence-electron chi connectivity index (χ0n) is 15.5. The minimum absolute atomic E-state index is 0.00378. The fraction of sp³-hybridized carbons (Fsp3) is 0.190. The van der Waals surface area contributed by atoms with Crippen LogP contribution in [0.4, 0.5) is 5.82 Å². The predicted octanol–water partition coefficient (Wildman–Crippen LogP) is 5.30. The van der Waals surface area contributed by atoms with E-state index in [2.05, 4.69) is 27.5 Å². The summed E-state index contributed by atoms with van der Waals surface area (Å²) in [7, 11) is 0. The highest BCUT2D eigenvalue weighted by atomic mass is 32.2. The molecule has 1 N–H and O–H groups in total. The summed E-state index contributed by atoms with van der Waals surface area (Å²) >= 11 is 3.33. The summed E-state index contributed by atoms with van der Waals surface area (Å²) in [5.41, 5.74) is 1.78. The quantitative estimate of drug-likeness (QED) is 0.333. The Bertz CT molecular complexity index is 1060. The molecular formula is C21H20N4OS2. The van der Waals surface area contributed by atoms with Crippen molar-refractivity contribution in [2.75, 3.05) is 11.1 Å². The molecule has 142 valence electrons. The Balaban J connectivity index is 1.38. The summed E-state index contributed by atoms with van der Waals surface area (Å²) in [5.74, 6) is 1.57. The van der Waals surface area contributed by atoms with E-state index in [4.69, 9.17) is 0 Å². The SMILES string of the molecule is Cc1cc(NC(=O)CCCSc2ccccc2)n(-c2nc3ccccc3s2)n1. The predicted molar refractivity (Wildman–Crippen MR) is 117 cm³/mol. The van der Waals surface area contributed by atoms with Crippen LogP contribution in [-0.4, -0.2) is 26.4 Å². The third kappa shape index (κ3) is 4.43. The molecule has 0 atom stereocenters. The van der Waals surface area contributed by atoms with E-state index in [-0.39, 0.29) is 5.91 Å². The monoisotopic (exact) mass is 408 g/mol. The van der Waals surface area contributed by atoms with Gasteiger partial charge < -0.3 is 5.32 Å². The van der Waals surface area contributed by atoms with Gasteiger partial charge in [0, 0.05) is 17.4 Å². The first-order chi connectivity index (χ1) is 13.7. The van der Waals surface area contributed by atoms with Crippen LogP contribution in [0.1, 0.15) is 18.5 Å². The van der Waals surface area contributed by atoms with Crippen LogP contribution in [0.3, 0.4) is 0 Å². The lowest BCUT2D eigenvalue weighted by molar-refractivity contribution is -0.116. The van der Waals surface area contributed by atoms with E-state index in [9.17, 15) is 4.79 Å². The van der Waals surface area contributed by atoms with Crippen LogP contribution in [0.2, 0.25) is 0 Å². The van der Waals surface area contributed by atoms with Crippen molar-refractivity contribution in [3.05, 3.63) is 66.4 Å². The average molecular weight is 409 g/mol. The number of hydrogen-bond donors (Lipinski definition) is 1. The Kier molecular flexibility index (Phi) is 5.73. The van der Waals surface area contributed by atoms with Crippen LogP contribution in [0, 0.1) is 6.92 Å². The zero-order chi connectivity index (χ0) is 19.3. The van der Waals surface area contributed by atoms with Crippen molar-refractivity contribution in [2.45, 2.75) is 24.7 Å². The second-order valence-electron chi connectivity index (χ2n) is 6.36. The average Bonchev–Trinajstić information content (AvgIpc) is 3.29. The maximum atomic E-state index is 12.4. The van der Waals surface area contributed by atoms with Crippen molar-refractivity contribution in [3.63, 3.8) is 0 Å². The van der Waals surface area contributed by atoms with Crippen molar-refractivity contribution in [1.82, 2.24) is 14.8 Å². The van der Waals surface area contributed by atoms with Gasteiger partial charge in [0.1, 0.15) is 5.82 Å². The number of carbonyl (C=O) groups excluding carboxylic acids is 1. The van der Waals surface area contributed by atoms with E-state index in [0.29, 0.717) is 12.2 Å². The molecule has 4 rings (SSSR count). The van der Waals surface area contributed by atoms with Gasteiger partial charge in [0.15, 0.2) is 0 Å². The van der Waals surface area contributed by atoms with E-state index in [0.717, 1.165) is 33.2 Å². The maximum Gasteiger partial charge on any atom is 0.225 e. The van der Waals surface area contributed by atoms with Gasteiger partial charge in [-0.15, -0.1) is 11.8 Å². The molecule has 0 bridgehead atoms. The van der Waals surface area contributed by atoms with Gasteiger partial charge >= 0.3 is 0 Å². The van der Waals surface area contributed by atoms with Gasteiger partial charge in [-0.25, -0.2) is 4.98 Å². The van der Waals surface area contributed by atoms with E-state index < -0.39 is 0 Å². The number of amides is 1. The van der Waals surface area contributed by atoms with E-state index in [1.165, 1.54) is 4.90 Å². The number of hydrogen-bond acceptors (Lipinski definition) is 5. The minimum atomic E-state index is -0.00378. The van der Waals surface area contributed by atoms with Crippen LogP contribution in [0.15, 0.2) is 65.6 Å². The normalized spacial score (nSPS) is 11.0. The molecule has 0 aliphatic carbocycles. The summed E-state index contributed by atoms with van der Waals surface area (Å²) in [5, 5.41) is 8.26. The highest BCUT2D eigenvalue weighted by molar-refractivity contribution is 7.99. The van der Waals surface area contributed by atoms with Gasteiger partial charge in [0.05, 0.1) is 15.9 Å². The number of rotatable bonds is 7. The largest absolute Gasteiger partial charge is 0.311 e. The lowest BCUT2D eigenvalue weighted by Crippen LogP contribution is -2.14. The number of nitrogens with one attached hydrogen (secondary N) is 1. The molecule has 0 fully saturated rings. The fourth-order valence-electron chi connectivity index (χ4n) is 2.83. The Morgan fingerprint density at radius 1 is 1.14 bits per heavy atom. The molecule has 2 aromatic heterocycles. The van der Waals surface area contributed by atoms with Crippen LogP contribution < -0.4 is 5.32 Å². The second-order valence-corrected chi connectivity index (χ2v) is 8.54. The Morgan fingerprint density at radius 2 is 1.93 bits per heavy atom. The second kappa shape index (κ2) is 8.58. The molecule has 0 unspecified atom stereocenters. The molecule has 2 heterocycles. The highest BCUT2D eigenvalue weighted by Gasteiger charge is 2.14. The van der Waals surface area contributed by atoms with Crippen LogP contribution >= 0.6 is 23.1 Å². The first-order valence-corrected chi connectivity index (χ1v) is 10.9. The van der Waals surface area contributed by atoms with Gasteiger partial charge in [0.25, 0.3) is 0 Å². The minimum Gasteiger partial charge on any atom is -0.311 e. The van der Waals surface area contributed by atoms with Crippen molar-refractivity contribution < 1.29 is 4.79 Å². The lowest BCUT2D eigenvalue weighted by atomic mass is 10.3. The van der Waals surface area contributed by atoms with Gasteiger partial charge in [-0.3, -0.25) is 4.79 Å². The summed E-state index contributed by atoms with van der Waals surface area (Å²) in [6.45, 7) is 1.91. The van der Waals surface area contributed by atoms with Crippen molar-refractivity contribution in [2.24, 2.45) is 0 Å². The van der Waals surface area contributed by atoms with Crippen molar-refractivity contribution >= 4 is 45.0 Å². The number of nitrogens with zero attached hydrogens (tertiary/aromatic N) is 3. The van der Waals surface area contributed by atoms with Crippen molar-refractivity contribution in [1.29, 1.82) is 0 Å². The third-order valence-corrected chi connectivity index (χ3v) is 6.23. The Morgan fingerprint density at radius 3 is 2.75 bits per heavy atom. The third-order valence-electron chi connectivity index (χ3n) is 4.12. The number of carbonyl (C=O) groups is 1. The smallest absolute Gasteiger partial charge is 0.225 e. The van der Waals surface area contributed by atoms with Crippen molar-refractivity contribution in [3.8, 4) is 5.13 Å². The topological polar surface area (TPSA) is 59.8 Å². The Labute approximate surface area is 171 Å². The van der Waals surface area contributed by atoms with Gasteiger partial charge in [0.2, 0.25) is 11.0 Å². The summed E-state index contributed by atoms with van der Waals surface area (Å²) in [4.78, 5) is 18.3. The number of fused-ring (bicyclic) bond motifs is 1. The van der Waals surface area contributed by atoms with E-state index >= 15 is 0 Å². The number of thioether (sulfide) groups is 1. The molecule has 0 radical (unpaired) electrons. The summed E-state index contributed by atoms with van der Waals surface area (Å²) in [6, 6.07) is 20.1. The van der Waals surface area contributed by atoms with Gasteiger partial charge in [-0.05, 0) is 43.4 Å². The first-order valence-electron chi connectivity index (χ1n) is 9.09. The number of aryl methyl sites for hydroxylation is 1. The Hall–Kier alpha value is -2.64. The number of anilines is 1. The standard InChI is InChI=1S/C21H20N4OS2/c1-15-14-19(23-20(26)12-7-13-27-16-8-3-2-4-9-16)25(24-15)21-22-17-10-5-6-11-18(17)28-21/h2-6,8-11,14H,7,12-13H2,1H3,(H,23,26). The molecule has 28 heavy (non-hydrogen) atoms. The number of para-hydroxylation sites is 1. The molecule has 7 heteroatoms. The molecule has 2 aromatic carbocycles. The molecule has 0 spiro atoms. The lowest BCUT2D eigenvalue weighted by Gasteiger charge is -2.06. The molecule has 5 nitrogen and oxygen atoms in total. The van der Waals surface area contributed by atoms with Crippen LogP contribution in [-0.2, 0) is 4.79 Å². The number of thiazole rings is 1. The molecule has 0 aliphatic rings. The summed E-state index contributed by atoms with van der Waals surface area (Å²) in [6.07, 6.45) is 1.30. The van der Waals surface area contributed by atoms with E-state index in [1.54, 1.807) is 27.8 Å². The van der Waals surface area contributed by atoms with Crippen LogP contribution in [0.25, 0.3) is 15.3 Å². The van der Waals surface area contributed by atoms with Crippen LogP contribution in [0.5, 0.6) is 0 Å². The molecule has 0 aliphatic heterocycles.